The molecule has 0 bridgehead atoms. The van der Waals surface area contributed by atoms with Crippen molar-refractivity contribution in [3.05, 3.63) is 34.9 Å². The first-order valence-electron chi connectivity index (χ1n) is 5.18. The van der Waals surface area contributed by atoms with Crippen LogP contribution >= 0.6 is 11.6 Å². The number of nitrogens with one attached hydrogen (secondary N) is 1. The van der Waals surface area contributed by atoms with E-state index in [0.717, 1.165) is 11.4 Å². The second-order valence-corrected chi connectivity index (χ2v) is 4.00. The Balaban J connectivity index is 2.41. The molecule has 0 aliphatic heterocycles. The Bertz CT molecular complexity index is 252. The van der Waals surface area contributed by atoms with Crippen LogP contribution in [0.4, 0.5) is 0 Å². The normalized spacial score (nSPS) is 12.8. The van der Waals surface area contributed by atoms with Gasteiger partial charge in [-0.3, -0.25) is 0 Å². The minimum Gasteiger partial charge on any atom is -0.317 e. The van der Waals surface area contributed by atoms with Gasteiger partial charge in [0.2, 0.25) is 0 Å². The first-order valence-corrected chi connectivity index (χ1v) is 5.55. The van der Waals surface area contributed by atoms with Gasteiger partial charge in [0.1, 0.15) is 0 Å². The largest absolute Gasteiger partial charge is 0.317 e. The zero-order chi connectivity index (χ0) is 10.4. The summed E-state index contributed by atoms with van der Waals surface area (Å²) in [5.74, 6) is 0. The van der Waals surface area contributed by atoms with Crippen LogP contribution in [0.15, 0.2) is 24.3 Å². The van der Waals surface area contributed by atoms with Gasteiger partial charge in [-0.05, 0) is 44.0 Å². The number of aryl methyl sites for hydroxylation is 1. The van der Waals surface area contributed by atoms with Gasteiger partial charge in [0.25, 0.3) is 0 Å². The van der Waals surface area contributed by atoms with Crippen molar-refractivity contribution in [1.82, 2.24) is 5.32 Å². The number of benzene rings is 1. The van der Waals surface area contributed by atoms with Crippen molar-refractivity contribution in [3.63, 3.8) is 0 Å². The second kappa shape index (κ2) is 6.05. The molecule has 0 radical (unpaired) electrons. The van der Waals surface area contributed by atoms with E-state index in [1.165, 1.54) is 18.4 Å². The molecule has 1 aromatic rings. The summed E-state index contributed by atoms with van der Waals surface area (Å²) in [6, 6.07) is 8.75. The van der Waals surface area contributed by atoms with E-state index < -0.39 is 0 Å². The highest BCUT2D eigenvalue weighted by atomic mass is 35.5. The van der Waals surface area contributed by atoms with Crippen molar-refractivity contribution in [3.8, 4) is 0 Å². The van der Waals surface area contributed by atoms with Gasteiger partial charge in [-0.15, -0.1) is 0 Å². The highest BCUT2D eigenvalue weighted by Gasteiger charge is 2.02. The summed E-state index contributed by atoms with van der Waals surface area (Å²) in [5, 5.41) is 4.12. The molecule has 1 N–H and O–H groups in total. The summed E-state index contributed by atoms with van der Waals surface area (Å²) in [7, 11) is 2.02. The van der Waals surface area contributed by atoms with Gasteiger partial charge >= 0.3 is 0 Å². The Morgan fingerprint density at radius 3 is 2.43 bits per heavy atom. The Morgan fingerprint density at radius 1 is 1.29 bits per heavy atom. The third-order valence-electron chi connectivity index (χ3n) is 2.60. The Kier molecular flexibility index (Phi) is 4.99. The molecule has 1 rings (SSSR count). The van der Waals surface area contributed by atoms with Gasteiger partial charge < -0.3 is 5.32 Å². The minimum absolute atomic E-state index is 0.630. The highest BCUT2D eigenvalue weighted by Crippen LogP contribution is 2.12. The predicted molar refractivity (Wildman–Crippen MR) is 62.9 cm³/mol. The number of hydrogen-bond acceptors (Lipinski definition) is 1. The van der Waals surface area contributed by atoms with Crippen molar-refractivity contribution >= 4 is 11.6 Å². The van der Waals surface area contributed by atoms with Crippen molar-refractivity contribution in [2.45, 2.75) is 32.2 Å². The number of halogens is 1. The Hall–Kier alpha value is -0.530. The van der Waals surface area contributed by atoms with Crippen LogP contribution < -0.4 is 5.32 Å². The molecular formula is C12H18ClN. The minimum atomic E-state index is 0.630. The molecule has 0 saturated carbocycles. The molecule has 0 aromatic heterocycles. The average Bonchev–Trinajstić information content (AvgIpc) is 2.22. The van der Waals surface area contributed by atoms with E-state index in [9.17, 15) is 0 Å². The maximum absolute atomic E-state index is 5.82. The number of rotatable bonds is 5. The fraction of sp³-hybridized carbons (Fsp3) is 0.500. The van der Waals surface area contributed by atoms with Gasteiger partial charge in [-0.25, -0.2) is 0 Å². The lowest BCUT2D eigenvalue weighted by Crippen LogP contribution is -2.24. The maximum Gasteiger partial charge on any atom is 0.0406 e. The molecule has 0 spiro atoms. The van der Waals surface area contributed by atoms with Crippen LogP contribution in [-0.2, 0) is 6.42 Å². The molecule has 1 nitrogen and oxygen atoms in total. The van der Waals surface area contributed by atoms with Gasteiger partial charge in [0.05, 0.1) is 0 Å². The monoisotopic (exact) mass is 211 g/mol. The third-order valence-corrected chi connectivity index (χ3v) is 2.85. The van der Waals surface area contributed by atoms with Crippen molar-refractivity contribution in [2.24, 2.45) is 0 Å². The predicted octanol–water partition coefficient (Wildman–Crippen LogP) is 3.27. The summed E-state index contributed by atoms with van der Waals surface area (Å²) in [6.07, 6.45) is 3.50. The van der Waals surface area contributed by atoms with Crippen LogP contribution in [-0.4, -0.2) is 13.1 Å². The van der Waals surface area contributed by atoms with E-state index in [-0.39, 0.29) is 0 Å². The molecule has 1 unspecified atom stereocenters. The van der Waals surface area contributed by atoms with E-state index in [1.54, 1.807) is 0 Å². The van der Waals surface area contributed by atoms with E-state index in [1.807, 2.05) is 19.2 Å². The average molecular weight is 212 g/mol. The molecule has 1 atom stereocenters. The smallest absolute Gasteiger partial charge is 0.0406 e. The summed E-state index contributed by atoms with van der Waals surface area (Å²) < 4.78 is 0. The summed E-state index contributed by atoms with van der Waals surface area (Å²) in [4.78, 5) is 0. The third kappa shape index (κ3) is 3.69. The van der Waals surface area contributed by atoms with Gasteiger partial charge in [-0.2, -0.15) is 0 Å². The molecule has 2 heteroatoms. The lowest BCUT2D eigenvalue weighted by Gasteiger charge is -2.13. The molecule has 1 aromatic carbocycles. The summed E-state index contributed by atoms with van der Waals surface area (Å²) in [6.45, 7) is 2.21. The highest BCUT2D eigenvalue weighted by molar-refractivity contribution is 6.30. The topological polar surface area (TPSA) is 12.0 Å². The first kappa shape index (κ1) is 11.5. The molecule has 0 saturated heterocycles. The van der Waals surface area contributed by atoms with Crippen LogP contribution in [0.25, 0.3) is 0 Å². The van der Waals surface area contributed by atoms with Crippen molar-refractivity contribution in [1.29, 1.82) is 0 Å². The maximum atomic E-state index is 5.82. The number of hydrogen-bond donors (Lipinski definition) is 1. The molecule has 0 aliphatic carbocycles. The lowest BCUT2D eigenvalue weighted by atomic mass is 10.0. The van der Waals surface area contributed by atoms with Crippen LogP contribution in [0.2, 0.25) is 5.02 Å². The molecule has 78 valence electrons. The molecule has 0 heterocycles. The molecule has 14 heavy (non-hydrogen) atoms. The summed E-state index contributed by atoms with van der Waals surface area (Å²) in [5.41, 5.74) is 1.36. The van der Waals surface area contributed by atoms with E-state index in [0.29, 0.717) is 6.04 Å². The van der Waals surface area contributed by atoms with Gasteiger partial charge in [-0.1, -0.05) is 30.7 Å². The van der Waals surface area contributed by atoms with E-state index in [4.69, 9.17) is 11.6 Å². The molecule has 0 aliphatic rings. The zero-order valence-corrected chi connectivity index (χ0v) is 9.64. The fourth-order valence-corrected chi connectivity index (χ4v) is 1.67. The lowest BCUT2D eigenvalue weighted by molar-refractivity contribution is 0.509. The molecular weight excluding hydrogens is 194 g/mol. The van der Waals surface area contributed by atoms with Crippen LogP contribution in [0, 0.1) is 0 Å². The Morgan fingerprint density at radius 2 is 1.93 bits per heavy atom. The zero-order valence-electron chi connectivity index (χ0n) is 8.89. The fourth-order valence-electron chi connectivity index (χ4n) is 1.54. The van der Waals surface area contributed by atoms with E-state index >= 15 is 0 Å². The van der Waals surface area contributed by atoms with Crippen molar-refractivity contribution in [2.75, 3.05) is 7.05 Å². The SMILES string of the molecule is CCC(CCc1ccc(Cl)cc1)NC. The van der Waals surface area contributed by atoms with Crippen LogP contribution in [0.1, 0.15) is 25.3 Å². The second-order valence-electron chi connectivity index (χ2n) is 3.56. The van der Waals surface area contributed by atoms with Crippen LogP contribution in [0.3, 0.4) is 0 Å². The first-order chi connectivity index (χ1) is 6.76. The summed E-state index contributed by atoms with van der Waals surface area (Å²) >= 11 is 5.82. The Labute approximate surface area is 91.5 Å². The standard InChI is InChI=1S/C12H18ClN/c1-3-12(14-2)9-6-10-4-7-11(13)8-5-10/h4-5,7-8,12,14H,3,6,9H2,1-2H3. The molecule has 0 fully saturated rings. The quantitative estimate of drug-likeness (QED) is 0.789. The van der Waals surface area contributed by atoms with Gasteiger partial charge in [0, 0.05) is 11.1 Å². The van der Waals surface area contributed by atoms with Gasteiger partial charge in [0.15, 0.2) is 0 Å². The van der Waals surface area contributed by atoms with E-state index in [2.05, 4.69) is 24.4 Å². The van der Waals surface area contributed by atoms with Crippen molar-refractivity contribution < 1.29 is 0 Å². The van der Waals surface area contributed by atoms with Crippen LogP contribution in [0.5, 0.6) is 0 Å². The molecule has 0 amide bonds.